The van der Waals surface area contributed by atoms with Gasteiger partial charge in [0.25, 0.3) is 0 Å². The molecule has 0 radical (unpaired) electrons. The first-order valence-electron chi connectivity index (χ1n) is 11.8. The van der Waals surface area contributed by atoms with Crippen molar-refractivity contribution < 1.29 is 34.3 Å². The number of hydrogen-bond acceptors (Lipinski definition) is 12. The maximum Gasteiger partial charge on any atom is 0.185 e. The van der Waals surface area contributed by atoms with E-state index in [9.17, 15) is 15.3 Å². The van der Waals surface area contributed by atoms with Crippen molar-refractivity contribution in [3.05, 3.63) is 0 Å². The Balaban J connectivity index is 1.68. The van der Waals surface area contributed by atoms with E-state index >= 15 is 0 Å². The van der Waals surface area contributed by atoms with Crippen LogP contribution in [0.2, 0.25) is 0 Å². The van der Waals surface area contributed by atoms with Crippen LogP contribution in [-0.4, -0.2) is 115 Å². The molecule has 2 heterocycles. The first-order valence-corrected chi connectivity index (χ1v) is 11.8. The van der Waals surface area contributed by atoms with E-state index in [0.717, 1.165) is 6.42 Å². The summed E-state index contributed by atoms with van der Waals surface area (Å²) in [5, 5.41) is 38.3. The molecule has 194 valence electrons. The highest BCUT2D eigenvalue weighted by Gasteiger charge is 2.50. The highest BCUT2D eigenvalue weighted by Crippen LogP contribution is 2.31. The van der Waals surface area contributed by atoms with Crippen LogP contribution >= 0.6 is 0 Å². The van der Waals surface area contributed by atoms with Crippen molar-refractivity contribution in [1.29, 1.82) is 0 Å². The van der Waals surface area contributed by atoms with Crippen LogP contribution in [0.15, 0.2) is 0 Å². The number of aliphatic hydroxyl groups is 3. The molecule has 12 nitrogen and oxygen atoms in total. The molecule has 12 heteroatoms. The summed E-state index contributed by atoms with van der Waals surface area (Å²) in [6, 6.07) is -2.11. The van der Waals surface area contributed by atoms with Gasteiger partial charge in [-0.3, -0.25) is 0 Å². The monoisotopic (exact) mass is 477 g/mol. The van der Waals surface area contributed by atoms with E-state index in [1.165, 1.54) is 0 Å². The van der Waals surface area contributed by atoms with Crippen LogP contribution in [-0.2, 0) is 18.9 Å². The smallest absolute Gasteiger partial charge is 0.185 e. The second kappa shape index (κ2) is 11.1. The minimum absolute atomic E-state index is 0.0620. The minimum Gasteiger partial charge on any atom is -0.388 e. The summed E-state index contributed by atoms with van der Waals surface area (Å²) in [7, 11) is 3.49. The van der Waals surface area contributed by atoms with Crippen LogP contribution in [0.5, 0.6) is 0 Å². The molecule has 3 fully saturated rings. The number of nitrogens with two attached hydrogens (primary N) is 3. The van der Waals surface area contributed by atoms with Crippen molar-refractivity contribution in [2.24, 2.45) is 17.2 Å². The number of rotatable bonds is 7. The standard InChI is InChI=1S/C21H43N5O7/c1-9(25-3)13-6-5-10(22)19(31-13)32-16-11(23)7-12(24)17(14(16)27)33-20-15(28)18(26-4)21(2,29)8-30-20/h9-20,25-29H,5-8,22-24H2,1-4H3/t9?,10-,11+,12-,13+,14+,15-,16-,17+,18-,19-,20?,21+/m1/s1. The average molecular weight is 478 g/mol. The third kappa shape index (κ3) is 5.85. The van der Waals surface area contributed by atoms with Gasteiger partial charge in [0.05, 0.1) is 24.8 Å². The molecule has 0 aromatic carbocycles. The largest absolute Gasteiger partial charge is 0.388 e. The van der Waals surface area contributed by atoms with Gasteiger partial charge < -0.3 is 62.1 Å². The van der Waals surface area contributed by atoms with Crippen molar-refractivity contribution in [3.8, 4) is 0 Å². The van der Waals surface area contributed by atoms with E-state index in [2.05, 4.69) is 10.6 Å². The van der Waals surface area contributed by atoms with Crippen LogP contribution < -0.4 is 27.8 Å². The molecule has 0 bridgehead atoms. The second-order valence-electron chi connectivity index (χ2n) is 9.91. The Morgan fingerprint density at radius 1 is 0.970 bits per heavy atom. The number of likely N-dealkylation sites (N-methyl/N-ethyl adjacent to an activating group) is 2. The molecule has 33 heavy (non-hydrogen) atoms. The summed E-state index contributed by atoms with van der Waals surface area (Å²) in [5.41, 5.74) is 17.5. The lowest BCUT2D eigenvalue weighted by Crippen LogP contribution is -2.68. The lowest BCUT2D eigenvalue weighted by Gasteiger charge is -2.48. The van der Waals surface area contributed by atoms with E-state index < -0.39 is 60.7 Å². The van der Waals surface area contributed by atoms with E-state index in [0.29, 0.717) is 12.8 Å². The summed E-state index contributed by atoms with van der Waals surface area (Å²) in [6.45, 7) is 3.52. The molecular weight excluding hydrogens is 434 g/mol. The second-order valence-corrected chi connectivity index (χ2v) is 9.91. The Hall–Kier alpha value is -0.480. The molecule has 0 amide bonds. The maximum atomic E-state index is 11.1. The number of aliphatic hydroxyl groups excluding tert-OH is 2. The normalized spacial score (nSPS) is 50.2. The molecule has 0 aromatic rings. The van der Waals surface area contributed by atoms with Gasteiger partial charge in [-0.15, -0.1) is 0 Å². The zero-order valence-electron chi connectivity index (χ0n) is 20.0. The predicted octanol–water partition coefficient (Wildman–Crippen LogP) is -3.33. The van der Waals surface area contributed by atoms with Crippen molar-refractivity contribution in [2.75, 3.05) is 20.7 Å². The Kier molecular flexibility index (Phi) is 9.09. The summed E-state index contributed by atoms with van der Waals surface area (Å²) >= 11 is 0. The first kappa shape index (κ1) is 27.1. The molecule has 0 aromatic heterocycles. The Bertz CT molecular complexity index is 632. The summed E-state index contributed by atoms with van der Waals surface area (Å²) < 4.78 is 23.7. The van der Waals surface area contributed by atoms with Crippen molar-refractivity contribution in [1.82, 2.24) is 10.6 Å². The zero-order chi connectivity index (χ0) is 24.5. The van der Waals surface area contributed by atoms with Crippen molar-refractivity contribution in [2.45, 2.75) is 112 Å². The zero-order valence-corrected chi connectivity index (χ0v) is 20.0. The first-order chi connectivity index (χ1) is 15.5. The highest BCUT2D eigenvalue weighted by atomic mass is 16.7. The lowest BCUT2D eigenvalue weighted by atomic mass is 9.84. The van der Waals surface area contributed by atoms with Gasteiger partial charge in [-0.2, -0.15) is 0 Å². The lowest BCUT2D eigenvalue weighted by molar-refractivity contribution is -0.307. The fourth-order valence-electron chi connectivity index (χ4n) is 5.04. The van der Waals surface area contributed by atoms with Gasteiger partial charge in [0.15, 0.2) is 12.6 Å². The van der Waals surface area contributed by atoms with Crippen molar-refractivity contribution >= 4 is 0 Å². The molecule has 2 aliphatic heterocycles. The van der Waals surface area contributed by atoms with Gasteiger partial charge in [-0.25, -0.2) is 0 Å². The highest BCUT2D eigenvalue weighted by molar-refractivity contribution is 5.02. The van der Waals surface area contributed by atoms with Crippen molar-refractivity contribution in [3.63, 3.8) is 0 Å². The number of ether oxygens (including phenoxy) is 4. The van der Waals surface area contributed by atoms with E-state index in [-0.39, 0.29) is 24.8 Å². The molecule has 13 atom stereocenters. The summed E-state index contributed by atoms with van der Waals surface area (Å²) in [6.07, 6.45) is -4.22. The maximum absolute atomic E-state index is 11.1. The van der Waals surface area contributed by atoms with Gasteiger partial charge in [0.2, 0.25) is 0 Å². The van der Waals surface area contributed by atoms with E-state index in [4.69, 9.17) is 36.1 Å². The molecule has 3 aliphatic rings. The predicted molar refractivity (Wildman–Crippen MR) is 120 cm³/mol. The number of nitrogens with one attached hydrogen (secondary N) is 2. The van der Waals surface area contributed by atoms with Gasteiger partial charge in [0, 0.05) is 18.1 Å². The Morgan fingerprint density at radius 2 is 1.58 bits per heavy atom. The van der Waals surface area contributed by atoms with Gasteiger partial charge >= 0.3 is 0 Å². The van der Waals surface area contributed by atoms with Gasteiger partial charge in [-0.1, -0.05) is 0 Å². The fourth-order valence-corrected chi connectivity index (χ4v) is 5.04. The van der Waals surface area contributed by atoms with Crippen LogP contribution in [0.25, 0.3) is 0 Å². The van der Waals surface area contributed by atoms with E-state index in [1.807, 2.05) is 14.0 Å². The van der Waals surface area contributed by atoms with E-state index in [1.54, 1.807) is 14.0 Å². The molecule has 1 aliphatic carbocycles. The van der Waals surface area contributed by atoms with Gasteiger partial charge in [-0.05, 0) is 47.2 Å². The summed E-state index contributed by atoms with van der Waals surface area (Å²) in [4.78, 5) is 0. The SMILES string of the molecule is CNC(C)[C@@H]1CC[C@@H](N)[C@@H](O[C@H]2[C@H](O)[C@@H](OC3OC[C@](C)(O)[C@H](NC)[C@H]3O)[C@H](N)C[C@@H]2N)O1. The molecule has 0 spiro atoms. The Morgan fingerprint density at radius 3 is 2.15 bits per heavy atom. The quantitative estimate of drug-likeness (QED) is 0.182. The third-order valence-corrected chi connectivity index (χ3v) is 7.24. The fraction of sp³-hybridized carbons (Fsp3) is 1.00. The molecule has 2 saturated heterocycles. The molecular formula is C21H43N5O7. The molecule has 3 rings (SSSR count). The van der Waals surface area contributed by atoms with Crippen LogP contribution in [0.3, 0.4) is 0 Å². The number of hydrogen-bond donors (Lipinski definition) is 8. The molecule has 1 saturated carbocycles. The average Bonchev–Trinajstić information content (AvgIpc) is 2.76. The van der Waals surface area contributed by atoms with Gasteiger partial charge in [0.1, 0.15) is 30.0 Å². The summed E-state index contributed by atoms with van der Waals surface area (Å²) in [5.74, 6) is 0. The third-order valence-electron chi connectivity index (χ3n) is 7.24. The molecule has 2 unspecified atom stereocenters. The van der Waals surface area contributed by atoms with Crippen LogP contribution in [0, 0.1) is 0 Å². The topological polar surface area (TPSA) is 200 Å². The minimum atomic E-state index is -1.29. The van der Waals surface area contributed by atoms with Crippen LogP contribution in [0.1, 0.15) is 33.1 Å². The molecule has 11 N–H and O–H groups in total. The van der Waals surface area contributed by atoms with Crippen LogP contribution in [0.4, 0.5) is 0 Å². The Labute approximate surface area is 195 Å².